The molecule has 0 radical (unpaired) electrons. The molecule has 0 fully saturated rings. The second-order valence-corrected chi connectivity index (χ2v) is 3.52. The van der Waals surface area contributed by atoms with Crippen LogP contribution in [0.25, 0.3) is 0 Å². The highest BCUT2D eigenvalue weighted by Crippen LogP contribution is 2.26. The number of ketones is 2. The summed E-state index contributed by atoms with van der Waals surface area (Å²) in [5.74, 6) is -1.05. The number of aromatic hydroxyl groups is 1. The van der Waals surface area contributed by atoms with Gasteiger partial charge in [0.25, 0.3) is 0 Å². The number of hydrogen-bond donors (Lipinski definition) is 1. The van der Waals surface area contributed by atoms with Crippen LogP contribution < -0.4 is 4.84 Å². The van der Waals surface area contributed by atoms with Gasteiger partial charge in [0.1, 0.15) is 18.3 Å². The van der Waals surface area contributed by atoms with Gasteiger partial charge < -0.3 is 9.94 Å². The number of carbonyl (C=O) groups is 3. The maximum absolute atomic E-state index is 11.1. The second-order valence-electron chi connectivity index (χ2n) is 3.52. The molecule has 0 bridgehead atoms. The number of aldehydes is 1. The van der Waals surface area contributed by atoms with E-state index in [4.69, 9.17) is 4.84 Å². The predicted octanol–water partition coefficient (Wildman–Crippen LogP) is 1.12. The molecule has 0 atom stereocenters. The maximum Gasteiger partial charge on any atom is 0.200 e. The van der Waals surface area contributed by atoms with E-state index in [1.807, 2.05) is 0 Å². The van der Waals surface area contributed by atoms with Crippen molar-refractivity contribution in [2.45, 2.75) is 13.3 Å². The van der Waals surface area contributed by atoms with E-state index in [-0.39, 0.29) is 23.7 Å². The summed E-state index contributed by atoms with van der Waals surface area (Å²) in [5.41, 5.74) is 0.299. The van der Waals surface area contributed by atoms with Gasteiger partial charge in [-0.1, -0.05) is 5.16 Å². The van der Waals surface area contributed by atoms with Gasteiger partial charge in [-0.25, -0.2) is 0 Å². The highest BCUT2D eigenvalue weighted by Gasteiger charge is 2.05. The number of rotatable bonds is 6. The third-order valence-electron chi connectivity index (χ3n) is 1.89. The monoisotopic (exact) mass is 249 g/mol. The fraction of sp³-hybridized carbons (Fsp3) is 0.167. The van der Waals surface area contributed by atoms with Gasteiger partial charge in [0.15, 0.2) is 17.3 Å². The minimum absolute atomic E-state index is 0.0496. The molecule has 1 aromatic rings. The first-order chi connectivity index (χ1) is 8.52. The van der Waals surface area contributed by atoms with Crippen molar-refractivity contribution in [1.82, 2.24) is 0 Å². The summed E-state index contributed by atoms with van der Waals surface area (Å²) in [5, 5.41) is 12.7. The lowest BCUT2D eigenvalue weighted by atomic mass is 10.2. The number of benzene rings is 1. The van der Waals surface area contributed by atoms with Crippen molar-refractivity contribution in [2.75, 3.05) is 0 Å². The van der Waals surface area contributed by atoms with Gasteiger partial charge in [-0.15, -0.1) is 0 Å². The number of phenols is 1. The van der Waals surface area contributed by atoms with E-state index in [1.54, 1.807) is 0 Å². The maximum atomic E-state index is 11.1. The summed E-state index contributed by atoms with van der Waals surface area (Å²) in [7, 11) is 0. The number of hydrogen-bond acceptors (Lipinski definition) is 6. The summed E-state index contributed by atoms with van der Waals surface area (Å²) in [6, 6.07) is 3.95. The lowest BCUT2D eigenvalue weighted by Gasteiger charge is -2.01. The lowest BCUT2D eigenvalue weighted by molar-refractivity contribution is -0.122. The lowest BCUT2D eigenvalue weighted by Crippen LogP contribution is -2.05. The van der Waals surface area contributed by atoms with Crippen LogP contribution in [0.4, 0.5) is 0 Å². The minimum Gasteiger partial charge on any atom is -0.504 e. The van der Waals surface area contributed by atoms with Crippen LogP contribution in [-0.4, -0.2) is 29.2 Å². The molecule has 0 heterocycles. The molecule has 0 unspecified atom stereocenters. The molecule has 0 aliphatic carbocycles. The van der Waals surface area contributed by atoms with Crippen molar-refractivity contribution < 1.29 is 24.3 Å². The number of nitrogens with zero attached hydrogens (tertiary/aromatic N) is 1. The summed E-state index contributed by atoms with van der Waals surface area (Å²) >= 11 is 0. The van der Waals surface area contributed by atoms with Gasteiger partial charge in [-0.3, -0.25) is 14.4 Å². The highest BCUT2D eigenvalue weighted by atomic mass is 16.6. The van der Waals surface area contributed by atoms with E-state index in [0.29, 0.717) is 11.8 Å². The van der Waals surface area contributed by atoms with Gasteiger partial charge >= 0.3 is 0 Å². The number of oxime groups is 1. The SMILES string of the molecule is CC(=O)CC(=O)C=NOc1cc(C=O)ccc1O. The zero-order valence-corrected chi connectivity index (χ0v) is 9.62. The number of Topliss-reactive ketones (excluding diaryl/α,β-unsaturated/α-hetero) is 2. The van der Waals surface area contributed by atoms with Crippen molar-refractivity contribution in [3.63, 3.8) is 0 Å². The van der Waals surface area contributed by atoms with Crippen molar-refractivity contribution in [2.24, 2.45) is 5.16 Å². The van der Waals surface area contributed by atoms with Crippen molar-refractivity contribution in [1.29, 1.82) is 0 Å². The summed E-state index contributed by atoms with van der Waals surface area (Å²) in [6.07, 6.45) is 1.17. The largest absolute Gasteiger partial charge is 0.504 e. The Hall–Kier alpha value is -2.50. The predicted molar refractivity (Wildman–Crippen MR) is 62.9 cm³/mol. The van der Waals surface area contributed by atoms with Gasteiger partial charge in [0.2, 0.25) is 0 Å². The Morgan fingerprint density at radius 1 is 1.44 bits per heavy atom. The van der Waals surface area contributed by atoms with E-state index >= 15 is 0 Å². The standard InChI is InChI=1S/C12H11NO5/c1-8(15)4-10(16)6-13-18-12-5-9(7-14)2-3-11(12)17/h2-3,5-7,17H,4H2,1H3. The average Bonchev–Trinajstić information content (AvgIpc) is 2.30. The molecule has 0 aromatic heterocycles. The zero-order valence-electron chi connectivity index (χ0n) is 9.62. The quantitative estimate of drug-likeness (QED) is 0.353. The molecular weight excluding hydrogens is 238 g/mol. The van der Waals surface area contributed by atoms with Gasteiger partial charge in [-0.05, 0) is 25.1 Å². The number of phenolic OH excluding ortho intramolecular Hbond substituents is 1. The van der Waals surface area contributed by atoms with E-state index in [2.05, 4.69) is 5.16 Å². The molecule has 18 heavy (non-hydrogen) atoms. The Morgan fingerprint density at radius 2 is 2.17 bits per heavy atom. The Kier molecular flexibility index (Phi) is 4.74. The van der Waals surface area contributed by atoms with E-state index in [1.165, 1.54) is 25.1 Å². The average molecular weight is 249 g/mol. The van der Waals surface area contributed by atoms with Crippen LogP contribution in [0.2, 0.25) is 0 Å². The second kappa shape index (κ2) is 6.29. The highest BCUT2D eigenvalue weighted by molar-refractivity contribution is 6.31. The Morgan fingerprint density at radius 3 is 2.78 bits per heavy atom. The van der Waals surface area contributed by atoms with Gasteiger partial charge in [0, 0.05) is 5.56 Å². The van der Waals surface area contributed by atoms with E-state index < -0.39 is 5.78 Å². The van der Waals surface area contributed by atoms with Crippen molar-refractivity contribution >= 4 is 24.1 Å². The van der Waals surface area contributed by atoms with Crippen LogP contribution in [0.3, 0.4) is 0 Å². The topological polar surface area (TPSA) is 93.0 Å². The van der Waals surface area contributed by atoms with E-state index in [0.717, 1.165) is 6.21 Å². The van der Waals surface area contributed by atoms with Gasteiger partial charge in [0.05, 0.1) is 6.42 Å². The van der Waals surface area contributed by atoms with Crippen LogP contribution in [0.5, 0.6) is 11.5 Å². The smallest absolute Gasteiger partial charge is 0.200 e. The van der Waals surface area contributed by atoms with Crippen LogP contribution >= 0.6 is 0 Å². The van der Waals surface area contributed by atoms with Crippen molar-refractivity contribution in [3.05, 3.63) is 23.8 Å². The van der Waals surface area contributed by atoms with Crippen molar-refractivity contribution in [3.8, 4) is 11.5 Å². The molecule has 0 spiro atoms. The molecule has 6 nitrogen and oxygen atoms in total. The molecule has 0 amide bonds. The molecule has 6 heteroatoms. The Labute approximate surface area is 103 Å². The first-order valence-corrected chi connectivity index (χ1v) is 5.03. The molecule has 1 aromatic carbocycles. The Balaban J connectivity index is 2.68. The fourth-order valence-corrected chi connectivity index (χ4v) is 1.11. The third-order valence-corrected chi connectivity index (χ3v) is 1.89. The number of carbonyl (C=O) groups excluding carboxylic acids is 3. The summed E-state index contributed by atoms with van der Waals surface area (Å²) < 4.78 is 0. The molecule has 0 saturated heterocycles. The Bertz CT molecular complexity index is 507. The normalized spacial score (nSPS) is 10.3. The first kappa shape index (κ1) is 13.6. The van der Waals surface area contributed by atoms with E-state index in [9.17, 15) is 19.5 Å². The summed E-state index contributed by atoms with van der Waals surface area (Å²) in [6.45, 7) is 1.28. The molecule has 0 aliphatic rings. The third kappa shape index (κ3) is 4.17. The summed E-state index contributed by atoms with van der Waals surface area (Å²) in [4.78, 5) is 37.0. The zero-order chi connectivity index (χ0) is 13.5. The molecule has 1 rings (SSSR count). The first-order valence-electron chi connectivity index (χ1n) is 5.03. The fourth-order valence-electron chi connectivity index (χ4n) is 1.11. The van der Waals surface area contributed by atoms with Crippen LogP contribution in [-0.2, 0) is 9.59 Å². The van der Waals surface area contributed by atoms with Gasteiger partial charge in [-0.2, -0.15) is 0 Å². The minimum atomic E-state index is -0.506. The van der Waals surface area contributed by atoms with Crippen LogP contribution in [0.1, 0.15) is 23.7 Å². The molecule has 0 aliphatic heterocycles. The molecular formula is C12H11NO5. The molecule has 94 valence electrons. The van der Waals surface area contributed by atoms with Crippen LogP contribution in [0.15, 0.2) is 23.4 Å². The molecule has 1 N–H and O–H groups in total. The molecule has 0 saturated carbocycles. The van der Waals surface area contributed by atoms with Crippen LogP contribution in [0, 0.1) is 0 Å².